The minimum atomic E-state index is -0.603. The summed E-state index contributed by atoms with van der Waals surface area (Å²) in [7, 11) is 0. The number of nitrogens with one attached hydrogen (secondary N) is 1. The number of hydrogen-bond donors (Lipinski definition) is 1. The van der Waals surface area contributed by atoms with Gasteiger partial charge in [-0.15, -0.1) is 12.8 Å². The maximum absolute atomic E-state index is 10.9. The molecule has 1 N–H and O–H groups in total. The van der Waals surface area contributed by atoms with E-state index in [0.717, 1.165) is 0 Å². The summed E-state index contributed by atoms with van der Waals surface area (Å²) in [6, 6.07) is 0. The van der Waals surface area contributed by atoms with E-state index in [9.17, 15) is 4.79 Å². The first-order chi connectivity index (χ1) is 5.02. The molecular weight excluding hydrogens is 138 g/mol. The number of terminal acetylenes is 2. The van der Waals surface area contributed by atoms with Crippen LogP contribution in [0.15, 0.2) is 0 Å². The zero-order chi connectivity index (χ0) is 8.91. The molecule has 2 nitrogen and oxygen atoms in total. The largest absolute Gasteiger partial charge is 0.340 e. The Labute approximate surface area is 67.4 Å². The van der Waals surface area contributed by atoms with Gasteiger partial charge in [-0.2, -0.15) is 0 Å². The molecule has 0 aromatic carbocycles. The van der Waals surface area contributed by atoms with Gasteiger partial charge in [-0.3, -0.25) is 4.79 Å². The van der Waals surface area contributed by atoms with E-state index in [1.807, 2.05) is 0 Å². The van der Waals surface area contributed by atoms with Gasteiger partial charge in [0.15, 0.2) is 0 Å². The van der Waals surface area contributed by atoms with E-state index in [1.165, 1.54) is 0 Å². The lowest BCUT2D eigenvalue weighted by molar-refractivity contribution is -0.121. The van der Waals surface area contributed by atoms with E-state index in [4.69, 9.17) is 12.8 Å². The van der Waals surface area contributed by atoms with Crippen LogP contribution in [0.4, 0.5) is 0 Å². The Kier molecular flexibility index (Phi) is 3.21. The third-order valence-electron chi connectivity index (χ3n) is 1.08. The van der Waals surface area contributed by atoms with Gasteiger partial charge >= 0.3 is 0 Å². The quantitative estimate of drug-likeness (QED) is 0.570. The van der Waals surface area contributed by atoms with Crippen LogP contribution < -0.4 is 5.32 Å². The minimum absolute atomic E-state index is 0.0745. The summed E-state index contributed by atoms with van der Waals surface area (Å²) >= 11 is 0. The van der Waals surface area contributed by atoms with Crippen LogP contribution in [0.1, 0.15) is 20.3 Å². The van der Waals surface area contributed by atoms with Gasteiger partial charge in [0, 0.05) is 0 Å². The topological polar surface area (TPSA) is 29.1 Å². The molecule has 0 atom stereocenters. The average Bonchev–Trinajstić information content (AvgIpc) is 1.87. The Hall–Kier alpha value is -1.41. The summed E-state index contributed by atoms with van der Waals surface area (Å²) in [4.78, 5) is 10.9. The van der Waals surface area contributed by atoms with E-state index >= 15 is 0 Å². The Morgan fingerprint density at radius 2 is 2.09 bits per heavy atom. The van der Waals surface area contributed by atoms with Gasteiger partial charge < -0.3 is 5.32 Å². The van der Waals surface area contributed by atoms with Gasteiger partial charge in [-0.05, 0) is 13.8 Å². The fourth-order valence-corrected chi connectivity index (χ4v) is 0.522. The van der Waals surface area contributed by atoms with Crippen molar-refractivity contribution in [3.63, 3.8) is 0 Å². The average molecular weight is 149 g/mol. The molecular formula is C9H11NO. The van der Waals surface area contributed by atoms with E-state index in [0.29, 0.717) is 0 Å². The SMILES string of the molecule is C#CCC(=O)NC(C)(C)C#C. The van der Waals surface area contributed by atoms with Crippen molar-refractivity contribution in [2.75, 3.05) is 0 Å². The molecule has 0 aromatic heterocycles. The maximum Gasteiger partial charge on any atom is 0.233 e. The minimum Gasteiger partial charge on any atom is -0.340 e. The summed E-state index contributed by atoms with van der Waals surface area (Å²) in [6.45, 7) is 3.48. The van der Waals surface area contributed by atoms with Crippen molar-refractivity contribution in [2.45, 2.75) is 25.8 Å². The van der Waals surface area contributed by atoms with E-state index < -0.39 is 5.54 Å². The highest BCUT2D eigenvalue weighted by Crippen LogP contribution is 1.98. The summed E-state index contributed by atoms with van der Waals surface area (Å²) < 4.78 is 0. The zero-order valence-corrected chi connectivity index (χ0v) is 6.77. The van der Waals surface area contributed by atoms with Gasteiger partial charge in [0.1, 0.15) is 0 Å². The second-order valence-electron chi connectivity index (χ2n) is 2.70. The highest BCUT2D eigenvalue weighted by Gasteiger charge is 2.15. The first kappa shape index (κ1) is 9.59. The zero-order valence-electron chi connectivity index (χ0n) is 6.77. The fourth-order valence-electron chi connectivity index (χ4n) is 0.522. The van der Waals surface area contributed by atoms with Crippen LogP contribution in [-0.4, -0.2) is 11.4 Å². The Balaban J connectivity index is 3.99. The number of carbonyl (C=O) groups is 1. The highest BCUT2D eigenvalue weighted by molar-refractivity contribution is 5.79. The molecule has 0 spiro atoms. The Bertz CT molecular complexity index is 227. The summed E-state index contributed by atoms with van der Waals surface area (Å²) in [5, 5.41) is 2.59. The molecule has 0 aliphatic heterocycles. The third kappa shape index (κ3) is 4.06. The lowest BCUT2D eigenvalue weighted by atomic mass is 10.1. The smallest absolute Gasteiger partial charge is 0.233 e. The first-order valence-electron chi connectivity index (χ1n) is 3.24. The second-order valence-corrected chi connectivity index (χ2v) is 2.70. The molecule has 0 radical (unpaired) electrons. The molecule has 0 aliphatic carbocycles. The van der Waals surface area contributed by atoms with Crippen molar-refractivity contribution in [1.29, 1.82) is 0 Å². The molecule has 0 bridgehead atoms. The van der Waals surface area contributed by atoms with E-state index in [-0.39, 0.29) is 12.3 Å². The predicted octanol–water partition coefficient (Wildman–Crippen LogP) is 0.538. The molecule has 0 saturated heterocycles. The van der Waals surface area contributed by atoms with Crippen molar-refractivity contribution in [1.82, 2.24) is 5.32 Å². The maximum atomic E-state index is 10.9. The lowest BCUT2D eigenvalue weighted by Crippen LogP contribution is -2.41. The standard InChI is InChI=1S/C9H11NO/c1-5-7-8(11)10-9(3,4)6-2/h1-2H,7H2,3-4H3,(H,10,11). The molecule has 2 heteroatoms. The summed E-state index contributed by atoms with van der Waals surface area (Å²) in [5.41, 5.74) is -0.603. The van der Waals surface area contributed by atoms with Crippen molar-refractivity contribution in [3.05, 3.63) is 0 Å². The first-order valence-corrected chi connectivity index (χ1v) is 3.24. The Morgan fingerprint density at radius 3 is 2.45 bits per heavy atom. The van der Waals surface area contributed by atoms with Crippen LogP contribution in [0.2, 0.25) is 0 Å². The normalized spacial score (nSPS) is 9.45. The van der Waals surface area contributed by atoms with Crippen LogP contribution in [0, 0.1) is 24.7 Å². The summed E-state index contributed by atoms with van der Waals surface area (Å²) in [5.74, 6) is 4.45. The molecule has 58 valence electrons. The molecule has 0 rings (SSSR count). The van der Waals surface area contributed by atoms with Crippen LogP contribution >= 0.6 is 0 Å². The van der Waals surface area contributed by atoms with E-state index in [1.54, 1.807) is 13.8 Å². The second kappa shape index (κ2) is 3.68. The number of rotatable bonds is 2. The highest BCUT2D eigenvalue weighted by atomic mass is 16.1. The van der Waals surface area contributed by atoms with Gasteiger partial charge in [0.05, 0.1) is 12.0 Å². The van der Waals surface area contributed by atoms with Gasteiger partial charge in [-0.25, -0.2) is 0 Å². The number of hydrogen-bond acceptors (Lipinski definition) is 1. The number of amides is 1. The monoisotopic (exact) mass is 149 g/mol. The van der Waals surface area contributed by atoms with Gasteiger partial charge in [0.2, 0.25) is 5.91 Å². The van der Waals surface area contributed by atoms with Crippen molar-refractivity contribution in [2.24, 2.45) is 0 Å². The molecule has 0 heterocycles. The van der Waals surface area contributed by atoms with Crippen molar-refractivity contribution < 1.29 is 4.79 Å². The van der Waals surface area contributed by atoms with Gasteiger partial charge in [0.25, 0.3) is 0 Å². The summed E-state index contributed by atoms with van der Waals surface area (Å²) in [6.07, 6.45) is 10.1. The molecule has 0 fully saturated rings. The molecule has 0 saturated carbocycles. The van der Waals surface area contributed by atoms with E-state index in [2.05, 4.69) is 17.2 Å². The molecule has 11 heavy (non-hydrogen) atoms. The fraction of sp³-hybridized carbons (Fsp3) is 0.444. The van der Waals surface area contributed by atoms with Gasteiger partial charge in [-0.1, -0.05) is 11.8 Å². The molecule has 0 aromatic rings. The van der Waals surface area contributed by atoms with Crippen molar-refractivity contribution >= 4 is 5.91 Å². The third-order valence-corrected chi connectivity index (χ3v) is 1.08. The molecule has 0 unspecified atom stereocenters. The van der Waals surface area contributed by atoms with Crippen LogP contribution in [-0.2, 0) is 4.79 Å². The molecule has 1 amide bonds. The molecule has 0 aliphatic rings. The van der Waals surface area contributed by atoms with Crippen LogP contribution in [0.5, 0.6) is 0 Å². The Morgan fingerprint density at radius 1 is 1.55 bits per heavy atom. The number of carbonyl (C=O) groups excluding carboxylic acids is 1. The van der Waals surface area contributed by atoms with Crippen molar-refractivity contribution in [3.8, 4) is 24.7 Å². The predicted molar refractivity (Wildman–Crippen MR) is 44.5 cm³/mol. The van der Waals surface area contributed by atoms with Crippen LogP contribution in [0.25, 0.3) is 0 Å². The van der Waals surface area contributed by atoms with Crippen LogP contribution in [0.3, 0.4) is 0 Å². The lowest BCUT2D eigenvalue weighted by Gasteiger charge is -2.18.